The van der Waals surface area contributed by atoms with E-state index in [1.165, 1.54) is 6.20 Å². The number of aromatic nitrogens is 2. The zero-order valence-electron chi connectivity index (χ0n) is 18.9. The van der Waals surface area contributed by atoms with E-state index in [0.29, 0.717) is 0 Å². The number of aromatic amines is 1. The second-order valence-corrected chi connectivity index (χ2v) is 6.56. The Balaban J connectivity index is 2.53. The molecule has 0 radical (unpaired) electrons. The van der Waals surface area contributed by atoms with Crippen LogP contribution < -0.4 is 11.2 Å². The first-order valence-corrected chi connectivity index (χ1v) is 8.56. The van der Waals surface area contributed by atoms with Crippen LogP contribution in [0.4, 0.5) is 0 Å². The van der Waals surface area contributed by atoms with Gasteiger partial charge in [0.2, 0.25) is 0 Å². The molecule has 11 nitrogen and oxygen atoms in total. The highest BCUT2D eigenvalue weighted by Crippen LogP contribution is 2.33. The van der Waals surface area contributed by atoms with Crippen molar-refractivity contribution in [1.82, 2.24) is 9.55 Å². The molecule has 160 valence electrons. The van der Waals surface area contributed by atoms with E-state index in [2.05, 4.69) is 4.98 Å². The van der Waals surface area contributed by atoms with Gasteiger partial charge >= 0.3 is 23.6 Å². The van der Waals surface area contributed by atoms with Crippen molar-refractivity contribution < 1.29 is 37.4 Å². The Morgan fingerprint density at radius 2 is 1.76 bits per heavy atom. The molecule has 1 N–H and O–H groups in total. The second kappa shape index (κ2) is 9.03. The molecule has 1 aliphatic rings. The summed E-state index contributed by atoms with van der Waals surface area (Å²) in [6.07, 6.45) is -4.26. The maximum atomic E-state index is 12.5. The summed E-state index contributed by atoms with van der Waals surface area (Å²) in [6, 6.07) is 0. The molecule has 1 aromatic rings. The van der Waals surface area contributed by atoms with Crippen molar-refractivity contribution in [3.63, 3.8) is 0 Å². The molecule has 29 heavy (non-hydrogen) atoms. The van der Waals surface area contributed by atoms with Gasteiger partial charge in [-0.25, -0.2) is 4.79 Å². The zero-order chi connectivity index (χ0) is 24.0. The minimum Gasteiger partial charge on any atom is -0.463 e. The average Bonchev–Trinajstić information content (AvgIpc) is 3.08. The van der Waals surface area contributed by atoms with Gasteiger partial charge in [0, 0.05) is 36.6 Å². The van der Waals surface area contributed by atoms with E-state index in [4.69, 9.17) is 23.1 Å². The van der Waals surface area contributed by atoms with Crippen molar-refractivity contribution in [2.45, 2.75) is 65.0 Å². The first kappa shape index (κ1) is 18.1. The molecule has 0 aromatic carbocycles. The van der Waals surface area contributed by atoms with Crippen LogP contribution in [0, 0.1) is 0 Å². The third kappa shape index (κ3) is 5.31. The van der Waals surface area contributed by atoms with Gasteiger partial charge in [0.15, 0.2) is 18.4 Å². The number of ether oxygens (including phenoxy) is 4. The summed E-state index contributed by atoms with van der Waals surface area (Å²) in [5.74, 6) is -3.20. The average molecular weight is 415 g/mol. The molecule has 2 rings (SSSR count). The van der Waals surface area contributed by atoms with Gasteiger partial charge in [0.1, 0.15) is 12.7 Å². The van der Waals surface area contributed by atoms with E-state index in [9.17, 15) is 24.0 Å². The van der Waals surface area contributed by atoms with Crippen LogP contribution in [-0.2, 0) is 33.3 Å². The molecule has 0 aliphatic carbocycles. The van der Waals surface area contributed by atoms with Crippen LogP contribution in [-0.4, -0.2) is 52.4 Å². The summed E-state index contributed by atoms with van der Waals surface area (Å²) >= 11 is 0. The number of nitrogens with zero attached hydrogens (tertiary/aromatic N) is 1. The predicted molar refractivity (Wildman–Crippen MR) is 97.1 cm³/mol. The molecule has 1 unspecified atom stereocenters. The van der Waals surface area contributed by atoms with Crippen molar-refractivity contribution in [1.29, 1.82) is 0 Å². The quantitative estimate of drug-likeness (QED) is 0.501. The van der Waals surface area contributed by atoms with Gasteiger partial charge in [0.05, 0.1) is 0 Å². The Hall–Kier alpha value is -2.95. The molecule has 0 amide bonds. The summed E-state index contributed by atoms with van der Waals surface area (Å²) in [6.45, 7) is 0.701. The lowest BCUT2D eigenvalue weighted by atomic mass is 10.1. The topological polar surface area (TPSA) is 143 Å². The minimum atomic E-state index is -1.45. The largest absolute Gasteiger partial charge is 0.463 e. The summed E-state index contributed by atoms with van der Waals surface area (Å²) < 4.78 is 43.4. The molecule has 0 spiro atoms. The molecule has 1 fully saturated rings. The van der Waals surface area contributed by atoms with Gasteiger partial charge in [-0.3, -0.25) is 28.7 Å². The van der Waals surface area contributed by atoms with E-state index >= 15 is 0 Å². The van der Waals surface area contributed by atoms with Crippen molar-refractivity contribution in [2.24, 2.45) is 0 Å². The van der Waals surface area contributed by atoms with Crippen molar-refractivity contribution in [2.75, 3.05) is 6.61 Å². The molecule has 0 saturated carbocycles. The molecule has 1 aromatic heterocycles. The first-order chi connectivity index (χ1) is 15.1. The fourth-order valence-corrected chi connectivity index (χ4v) is 2.91. The number of carbonyl (C=O) groups excluding carboxylic acids is 3. The number of rotatable bonds is 6. The van der Waals surface area contributed by atoms with Crippen LogP contribution in [0.1, 0.15) is 56.4 Å². The Bertz CT molecular complexity index is 962. The lowest BCUT2D eigenvalue weighted by molar-refractivity contribution is -0.166. The number of esters is 3. The van der Waals surface area contributed by atoms with Gasteiger partial charge in [0.25, 0.3) is 5.56 Å². The lowest BCUT2D eigenvalue weighted by Gasteiger charge is -2.24. The first-order valence-electron chi connectivity index (χ1n) is 10.7. The standard InChI is InChI=1S/C18H24N2O9/c1-8(2)12-6-20(18(25)19-16(12)24)17-15(28-11(5)23)14(27-10(4)22)13(29-17)7-26-9(3)21/h6,8,13-15,17H,7H2,1-5H3,(H,19,24,25)/t13-,14+,15-,17?/m1/s1/i3D,4D,5D. The van der Waals surface area contributed by atoms with Crippen LogP contribution >= 0.6 is 0 Å². The Kier molecular flexibility index (Phi) is 5.64. The number of carbonyl (C=O) groups is 3. The van der Waals surface area contributed by atoms with Crippen molar-refractivity contribution >= 4 is 17.9 Å². The molecule has 1 aliphatic heterocycles. The van der Waals surface area contributed by atoms with E-state index in [-0.39, 0.29) is 11.5 Å². The van der Waals surface area contributed by atoms with Crippen molar-refractivity contribution in [3.8, 4) is 0 Å². The molecule has 4 atom stereocenters. The van der Waals surface area contributed by atoms with Gasteiger partial charge in [-0.05, 0) is 5.92 Å². The normalized spacial score (nSPS) is 25.0. The highest BCUT2D eigenvalue weighted by atomic mass is 16.7. The molecule has 1 saturated heterocycles. The summed E-state index contributed by atoms with van der Waals surface area (Å²) in [5.41, 5.74) is -1.29. The molecule has 2 heterocycles. The summed E-state index contributed by atoms with van der Waals surface area (Å²) in [7, 11) is 0. The van der Waals surface area contributed by atoms with Gasteiger partial charge in [-0.15, -0.1) is 0 Å². The number of nitrogens with one attached hydrogen (secondary N) is 1. The van der Waals surface area contributed by atoms with Gasteiger partial charge < -0.3 is 18.9 Å². The van der Waals surface area contributed by atoms with Crippen LogP contribution in [0.2, 0.25) is 0 Å². The monoisotopic (exact) mass is 415 g/mol. The van der Waals surface area contributed by atoms with Crippen LogP contribution in [0.5, 0.6) is 0 Å². The second-order valence-electron chi connectivity index (χ2n) is 6.56. The van der Waals surface area contributed by atoms with E-state index in [1.54, 1.807) is 13.8 Å². The lowest BCUT2D eigenvalue weighted by Crippen LogP contribution is -2.43. The van der Waals surface area contributed by atoms with E-state index in [1.807, 2.05) is 0 Å². The maximum Gasteiger partial charge on any atom is 0.330 e. The highest BCUT2D eigenvalue weighted by molar-refractivity contribution is 5.68. The molecule has 0 bridgehead atoms. The predicted octanol–water partition coefficient (Wildman–Crippen LogP) is -0.0161. The third-order valence-electron chi connectivity index (χ3n) is 4.12. The van der Waals surface area contributed by atoms with Crippen LogP contribution in [0.3, 0.4) is 0 Å². The van der Waals surface area contributed by atoms with Crippen molar-refractivity contribution in [3.05, 3.63) is 32.6 Å². The Morgan fingerprint density at radius 1 is 1.14 bits per heavy atom. The number of hydrogen-bond donors (Lipinski definition) is 1. The molecule has 11 heteroatoms. The SMILES string of the molecule is [2H]CC(=O)OC[C@H]1OC(n2cc(C(C)C)c(=O)[nH]c2=O)[C@H](OC(=O)C[2H])[C@H]1OC(=O)C[2H]. The third-order valence-corrected chi connectivity index (χ3v) is 4.12. The fourth-order valence-electron chi connectivity index (χ4n) is 2.91. The van der Waals surface area contributed by atoms with Crippen LogP contribution in [0.15, 0.2) is 15.8 Å². The highest BCUT2D eigenvalue weighted by Gasteiger charge is 2.51. The van der Waals surface area contributed by atoms with Gasteiger partial charge in [-0.1, -0.05) is 13.8 Å². The molecular weight excluding hydrogens is 388 g/mol. The Labute approximate surface area is 170 Å². The van der Waals surface area contributed by atoms with Gasteiger partial charge in [-0.2, -0.15) is 0 Å². The van der Waals surface area contributed by atoms with E-state index < -0.39 is 81.0 Å². The summed E-state index contributed by atoms with van der Waals surface area (Å²) in [5, 5.41) is 0. The number of hydrogen-bond acceptors (Lipinski definition) is 9. The zero-order valence-corrected chi connectivity index (χ0v) is 15.9. The van der Waals surface area contributed by atoms with Crippen LogP contribution in [0.25, 0.3) is 0 Å². The number of H-pyrrole nitrogens is 1. The smallest absolute Gasteiger partial charge is 0.330 e. The maximum absolute atomic E-state index is 12.5. The fraction of sp³-hybridized carbons (Fsp3) is 0.611. The minimum absolute atomic E-state index is 0.225. The summed E-state index contributed by atoms with van der Waals surface area (Å²) in [4.78, 5) is 61.8. The Morgan fingerprint density at radius 3 is 2.34 bits per heavy atom. The van der Waals surface area contributed by atoms with E-state index in [0.717, 1.165) is 4.57 Å². The molecular formula is C18H24N2O9.